The van der Waals surface area contributed by atoms with E-state index in [4.69, 9.17) is 0 Å². The van der Waals surface area contributed by atoms with E-state index in [-0.39, 0.29) is 16.5 Å². The third kappa shape index (κ3) is 4.04. The number of carbonyl (C=O) groups excluding carboxylic acids is 1. The van der Waals surface area contributed by atoms with Gasteiger partial charge in [-0.05, 0) is 56.6 Å². The maximum absolute atomic E-state index is 15.3. The highest BCUT2D eigenvalue weighted by Gasteiger charge is 2.31. The normalized spacial score (nSPS) is 17.6. The summed E-state index contributed by atoms with van der Waals surface area (Å²) in [5.41, 5.74) is -0.371. The Morgan fingerprint density at radius 1 is 1.19 bits per heavy atom. The molecule has 0 saturated heterocycles. The van der Waals surface area contributed by atoms with Gasteiger partial charge in [-0.1, -0.05) is 0 Å². The van der Waals surface area contributed by atoms with Crippen LogP contribution in [0, 0.1) is 17.6 Å². The highest BCUT2D eigenvalue weighted by molar-refractivity contribution is 7.93. The van der Waals surface area contributed by atoms with Gasteiger partial charge in [-0.25, -0.2) is 23.5 Å². The van der Waals surface area contributed by atoms with Gasteiger partial charge in [-0.15, -0.1) is 0 Å². The zero-order chi connectivity index (χ0) is 22.2. The Morgan fingerprint density at radius 2 is 1.97 bits per heavy atom. The third-order valence-corrected chi connectivity index (χ3v) is 7.60. The SMILES string of the molecule is O=C(c1c(F)ccc(N[S+]([O-])C2CCCC2)c1F)c1c[nH]c2ncnc(NCC3CC3)c12. The summed E-state index contributed by atoms with van der Waals surface area (Å²) in [5.74, 6) is -1.85. The number of halogens is 2. The Labute approximate surface area is 186 Å². The predicted octanol–water partition coefficient (Wildman–Crippen LogP) is 4.31. The van der Waals surface area contributed by atoms with Crippen molar-refractivity contribution in [2.24, 2.45) is 5.92 Å². The fraction of sp³-hybridized carbons (Fsp3) is 0.409. The fourth-order valence-electron chi connectivity index (χ4n) is 4.11. The molecule has 2 aliphatic rings. The minimum atomic E-state index is -1.51. The molecule has 1 aromatic carbocycles. The minimum Gasteiger partial charge on any atom is -0.593 e. The molecule has 2 heterocycles. The molecule has 10 heteroatoms. The van der Waals surface area contributed by atoms with Gasteiger partial charge < -0.3 is 14.9 Å². The molecule has 2 aliphatic carbocycles. The smallest absolute Gasteiger partial charge is 0.201 e. The lowest BCUT2D eigenvalue weighted by Gasteiger charge is -2.18. The van der Waals surface area contributed by atoms with E-state index in [1.165, 1.54) is 18.6 Å². The van der Waals surface area contributed by atoms with E-state index in [9.17, 15) is 13.7 Å². The zero-order valence-electron chi connectivity index (χ0n) is 17.3. The van der Waals surface area contributed by atoms with Crippen molar-refractivity contribution in [2.45, 2.75) is 43.8 Å². The molecule has 168 valence electrons. The number of carbonyl (C=O) groups is 1. The van der Waals surface area contributed by atoms with Gasteiger partial charge in [0.05, 0.1) is 27.9 Å². The lowest BCUT2D eigenvalue weighted by Crippen LogP contribution is -2.26. The first kappa shape index (κ1) is 21.1. The molecule has 0 radical (unpaired) electrons. The van der Waals surface area contributed by atoms with E-state index < -0.39 is 34.3 Å². The number of nitrogens with zero attached hydrogens (tertiary/aromatic N) is 2. The summed E-state index contributed by atoms with van der Waals surface area (Å²) in [6, 6.07) is 2.19. The molecule has 0 amide bonds. The first-order chi connectivity index (χ1) is 15.5. The molecule has 3 N–H and O–H groups in total. The summed E-state index contributed by atoms with van der Waals surface area (Å²) in [6.07, 6.45) is 8.57. The van der Waals surface area contributed by atoms with Crippen LogP contribution in [-0.2, 0) is 11.4 Å². The molecule has 2 saturated carbocycles. The molecule has 2 aromatic heterocycles. The van der Waals surface area contributed by atoms with Crippen LogP contribution in [0.15, 0.2) is 24.7 Å². The molecule has 3 aromatic rings. The van der Waals surface area contributed by atoms with Gasteiger partial charge in [0.1, 0.15) is 34.5 Å². The molecule has 0 bridgehead atoms. The second kappa shape index (κ2) is 8.67. The maximum Gasteiger partial charge on any atom is 0.201 e. The first-order valence-corrected chi connectivity index (χ1v) is 12.0. The number of ketones is 1. The van der Waals surface area contributed by atoms with Crippen molar-refractivity contribution in [3.05, 3.63) is 47.4 Å². The van der Waals surface area contributed by atoms with Gasteiger partial charge in [0.25, 0.3) is 0 Å². The monoisotopic (exact) mass is 459 g/mol. The molecular formula is C22H23F2N5O2S. The topological polar surface area (TPSA) is 106 Å². The summed E-state index contributed by atoms with van der Waals surface area (Å²) in [6.45, 7) is 0.708. The van der Waals surface area contributed by atoms with Crippen molar-refractivity contribution in [1.29, 1.82) is 0 Å². The Morgan fingerprint density at radius 3 is 2.72 bits per heavy atom. The van der Waals surface area contributed by atoms with Gasteiger partial charge in [0.15, 0.2) is 5.82 Å². The number of anilines is 2. The maximum atomic E-state index is 15.3. The second-order valence-electron chi connectivity index (χ2n) is 8.39. The summed E-state index contributed by atoms with van der Waals surface area (Å²) >= 11 is -1.51. The lowest BCUT2D eigenvalue weighted by atomic mass is 10.0. The standard InChI is InChI=1S/C22H23F2N5O2S/c23-15-7-8-16(29-32(31)13-3-1-2-4-13)19(24)18(15)20(30)14-10-26-22-17(14)21(27-11-28-22)25-9-12-5-6-12/h7-8,10-13,29H,1-6,9H2,(H2,25,26,27,28). The molecule has 1 unspecified atom stereocenters. The molecule has 0 spiro atoms. The van der Waals surface area contributed by atoms with E-state index >= 15 is 4.39 Å². The van der Waals surface area contributed by atoms with Crippen molar-refractivity contribution < 1.29 is 18.1 Å². The van der Waals surface area contributed by atoms with Gasteiger partial charge >= 0.3 is 0 Å². The van der Waals surface area contributed by atoms with E-state index in [2.05, 4.69) is 25.0 Å². The molecule has 1 atom stereocenters. The summed E-state index contributed by atoms with van der Waals surface area (Å²) in [7, 11) is 0. The van der Waals surface area contributed by atoms with E-state index in [0.717, 1.165) is 44.6 Å². The van der Waals surface area contributed by atoms with Crippen LogP contribution >= 0.6 is 0 Å². The molecule has 0 aliphatic heterocycles. The highest BCUT2D eigenvalue weighted by Crippen LogP contribution is 2.33. The number of nitrogens with one attached hydrogen (secondary N) is 3. The summed E-state index contributed by atoms with van der Waals surface area (Å²) in [4.78, 5) is 24.5. The van der Waals surface area contributed by atoms with Crippen molar-refractivity contribution in [1.82, 2.24) is 15.0 Å². The second-order valence-corrected chi connectivity index (χ2v) is 9.86. The van der Waals surface area contributed by atoms with Crippen LogP contribution < -0.4 is 10.0 Å². The molecular weight excluding hydrogens is 436 g/mol. The van der Waals surface area contributed by atoms with Crippen LogP contribution in [0.1, 0.15) is 54.4 Å². The quantitative estimate of drug-likeness (QED) is 0.342. The van der Waals surface area contributed by atoms with Crippen molar-refractivity contribution in [3.63, 3.8) is 0 Å². The highest BCUT2D eigenvalue weighted by atomic mass is 32.2. The van der Waals surface area contributed by atoms with Gasteiger partial charge in [-0.2, -0.15) is 0 Å². The fourth-order valence-corrected chi connectivity index (χ4v) is 5.41. The van der Waals surface area contributed by atoms with Crippen molar-refractivity contribution in [2.75, 3.05) is 16.6 Å². The first-order valence-electron chi connectivity index (χ1n) is 10.8. The Bertz CT molecular complexity index is 1160. The number of hydrogen-bond acceptors (Lipinski definition) is 6. The minimum absolute atomic E-state index is 0.0748. The Hall–Kier alpha value is -2.72. The average molecular weight is 460 g/mol. The van der Waals surface area contributed by atoms with E-state index in [1.807, 2.05) is 0 Å². The average Bonchev–Trinajstić information content (AvgIpc) is 3.25. The van der Waals surface area contributed by atoms with Crippen LogP contribution in [-0.4, -0.2) is 37.1 Å². The number of benzene rings is 1. The van der Waals surface area contributed by atoms with Crippen LogP contribution in [0.25, 0.3) is 11.0 Å². The Balaban J connectivity index is 1.48. The number of rotatable bonds is 8. The number of H-pyrrole nitrogens is 1. The van der Waals surface area contributed by atoms with Gasteiger partial charge in [-0.3, -0.25) is 4.79 Å². The summed E-state index contributed by atoms with van der Waals surface area (Å²) < 4.78 is 45.1. The molecule has 32 heavy (non-hydrogen) atoms. The number of fused-ring (bicyclic) bond motifs is 1. The van der Waals surface area contributed by atoms with Crippen LogP contribution in [0.5, 0.6) is 0 Å². The largest absolute Gasteiger partial charge is 0.593 e. The molecule has 7 nitrogen and oxygen atoms in total. The van der Waals surface area contributed by atoms with Crippen molar-refractivity contribution >= 4 is 39.7 Å². The van der Waals surface area contributed by atoms with Crippen LogP contribution in [0.4, 0.5) is 20.3 Å². The van der Waals surface area contributed by atoms with E-state index in [1.54, 1.807) is 0 Å². The predicted molar refractivity (Wildman–Crippen MR) is 119 cm³/mol. The summed E-state index contributed by atoms with van der Waals surface area (Å²) in [5, 5.41) is 3.53. The Kier molecular flexibility index (Phi) is 5.73. The lowest BCUT2D eigenvalue weighted by molar-refractivity contribution is 0.103. The van der Waals surface area contributed by atoms with Gasteiger partial charge in [0.2, 0.25) is 5.78 Å². The molecule has 5 rings (SSSR count). The third-order valence-electron chi connectivity index (χ3n) is 6.10. The van der Waals surface area contributed by atoms with Crippen LogP contribution in [0.2, 0.25) is 0 Å². The molecule has 2 fully saturated rings. The van der Waals surface area contributed by atoms with Crippen LogP contribution in [0.3, 0.4) is 0 Å². The number of aromatic nitrogens is 3. The zero-order valence-corrected chi connectivity index (χ0v) is 18.1. The van der Waals surface area contributed by atoms with Gasteiger partial charge in [0, 0.05) is 12.7 Å². The number of aromatic amines is 1. The van der Waals surface area contributed by atoms with Crippen molar-refractivity contribution in [3.8, 4) is 0 Å². The number of hydrogen-bond donors (Lipinski definition) is 3. The van der Waals surface area contributed by atoms with E-state index in [0.29, 0.717) is 29.3 Å².